The number of hydrogen-bond acceptors (Lipinski definition) is 2. The van der Waals surface area contributed by atoms with E-state index in [9.17, 15) is 31.5 Å². The van der Waals surface area contributed by atoms with Crippen LogP contribution in [0.15, 0.2) is 40.9 Å². The van der Waals surface area contributed by atoms with Crippen LogP contribution in [-0.2, 0) is 4.79 Å². The lowest BCUT2D eigenvalue weighted by atomic mass is 9.91. The van der Waals surface area contributed by atoms with E-state index in [0.29, 0.717) is 13.0 Å². The number of halogens is 10. The summed E-state index contributed by atoms with van der Waals surface area (Å²) in [5.41, 5.74) is -0.183. The van der Waals surface area contributed by atoms with Gasteiger partial charge in [0, 0.05) is 35.4 Å². The van der Waals surface area contributed by atoms with Crippen molar-refractivity contribution in [1.82, 2.24) is 5.32 Å². The molecule has 0 saturated heterocycles. The van der Waals surface area contributed by atoms with Crippen molar-refractivity contribution in [2.75, 3.05) is 6.54 Å². The first-order chi connectivity index (χ1) is 16.5. The highest BCUT2D eigenvalue weighted by molar-refractivity contribution is 9.10. The molecule has 0 fully saturated rings. The highest BCUT2D eigenvalue weighted by Gasteiger charge is 2.35. The SMILES string of the molecule is CC(F)(F)C(/C=C(\F)c1ccc(C(=O)CCC(=O)NCC(F)(F)F)c(Br)c1)c1cc(Cl)c(Cl)c(Cl)c1. The van der Waals surface area contributed by atoms with Gasteiger partial charge in [0.05, 0.1) is 21.0 Å². The number of carbonyl (C=O) groups excluding carboxylic acids is 2. The van der Waals surface area contributed by atoms with E-state index < -0.39 is 54.9 Å². The lowest BCUT2D eigenvalue weighted by Gasteiger charge is -2.22. The molecule has 0 aromatic heterocycles. The van der Waals surface area contributed by atoms with E-state index in [1.54, 1.807) is 5.32 Å². The van der Waals surface area contributed by atoms with Gasteiger partial charge in [0.15, 0.2) is 5.78 Å². The van der Waals surface area contributed by atoms with Crippen molar-refractivity contribution in [1.29, 1.82) is 0 Å². The average Bonchev–Trinajstić information content (AvgIpc) is 2.76. The maximum Gasteiger partial charge on any atom is 0.405 e. The molecule has 13 heteroatoms. The molecule has 2 aromatic carbocycles. The zero-order valence-electron chi connectivity index (χ0n) is 18.3. The Bertz CT molecular complexity index is 1160. The first kappa shape index (κ1) is 30.5. The number of Topliss-reactive ketones (excluding diaryl/α,β-unsaturated/α-hetero) is 1. The summed E-state index contributed by atoms with van der Waals surface area (Å²) in [6.07, 6.45) is -4.79. The Hall–Kier alpha value is -1.75. The molecule has 0 aliphatic rings. The molecule has 0 bridgehead atoms. The third kappa shape index (κ3) is 8.68. The van der Waals surface area contributed by atoms with Gasteiger partial charge in [-0.05, 0) is 35.9 Å². The third-order valence-electron chi connectivity index (χ3n) is 4.83. The fraction of sp³-hybridized carbons (Fsp3) is 0.304. The quantitative estimate of drug-likeness (QED) is 0.169. The van der Waals surface area contributed by atoms with Gasteiger partial charge in [0.2, 0.25) is 5.91 Å². The molecular weight excluding hydrogens is 623 g/mol. The molecule has 0 heterocycles. The Morgan fingerprint density at radius 1 is 1.03 bits per heavy atom. The minimum Gasteiger partial charge on any atom is -0.347 e. The summed E-state index contributed by atoms with van der Waals surface area (Å²) in [5.74, 6) is -7.77. The minimum atomic E-state index is -4.58. The molecule has 0 saturated carbocycles. The molecule has 196 valence electrons. The van der Waals surface area contributed by atoms with Gasteiger partial charge in [-0.3, -0.25) is 9.59 Å². The van der Waals surface area contributed by atoms with Crippen LogP contribution in [0.3, 0.4) is 0 Å². The van der Waals surface area contributed by atoms with E-state index in [2.05, 4.69) is 15.9 Å². The Labute approximate surface area is 225 Å². The van der Waals surface area contributed by atoms with Crippen LogP contribution in [0.5, 0.6) is 0 Å². The van der Waals surface area contributed by atoms with Crippen molar-refractivity contribution in [2.24, 2.45) is 0 Å². The normalized spacial score (nSPS) is 13.5. The molecule has 1 atom stereocenters. The monoisotopic (exact) mass is 637 g/mol. The smallest absolute Gasteiger partial charge is 0.347 e. The van der Waals surface area contributed by atoms with Crippen molar-refractivity contribution in [3.05, 3.63) is 72.6 Å². The number of alkyl halides is 5. The van der Waals surface area contributed by atoms with Crippen LogP contribution in [0, 0.1) is 0 Å². The van der Waals surface area contributed by atoms with Crippen LogP contribution in [0.4, 0.5) is 26.3 Å². The summed E-state index contributed by atoms with van der Waals surface area (Å²) in [4.78, 5) is 23.9. The van der Waals surface area contributed by atoms with E-state index >= 15 is 4.39 Å². The largest absolute Gasteiger partial charge is 0.405 e. The van der Waals surface area contributed by atoms with Gasteiger partial charge in [-0.1, -0.05) is 56.8 Å². The molecule has 1 unspecified atom stereocenters. The molecule has 1 N–H and O–H groups in total. The molecule has 2 rings (SSSR count). The zero-order valence-corrected chi connectivity index (χ0v) is 22.1. The highest BCUT2D eigenvalue weighted by atomic mass is 79.9. The maximum atomic E-state index is 15.0. The molecule has 2 aromatic rings. The molecule has 0 aliphatic carbocycles. The topological polar surface area (TPSA) is 46.2 Å². The van der Waals surface area contributed by atoms with Gasteiger partial charge in [0.25, 0.3) is 5.92 Å². The predicted molar refractivity (Wildman–Crippen MR) is 131 cm³/mol. The van der Waals surface area contributed by atoms with Crippen molar-refractivity contribution >= 4 is 68.3 Å². The fourth-order valence-corrected chi connectivity index (χ4v) is 4.28. The van der Waals surface area contributed by atoms with E-state index in [1.807, 2.05) is 0 Å². The first-order valence-electron chi connectivity index (χ1n) is 10.1. The standard InChI is InChI=1S/C23H17BrCl3F6NO2/c1-22(29,30)14(12-7-16(25)21(27)17(26)8-12)9-18(28)11-2-3-13(15(24)6-11)19(35)4-5-20(36)34-10-23(31,32)33/h2-3,6-9,14H,4-5,10H2,1H3,(H,34,36)/b18-9-. The van der Waals surface area contributed by atoms with Crippen LogP contribution >= 0.6 is 50.7 Å². The van der Waals surface area contributed by atoms with Gasteiger partial charge in [-0.25, -0.2) is 13.2 Å². The van der Waals surface area contributed by atoms with Crippen LogP contribution in [-0.4, -0.2) is 30.3 Å². The van der Waals surface area contributed by atoms with Crippen LogP contribution < -0.4 is 5.32 Å². The third-order valence-corrected chi connectivity index (χ3v) is 6.69. The van der Waals surface area contributed by atoms with E-state index in [0.717, 1.165) is 12.1 Å². The Balaban J connectivity index is 2.23. The first-order valence-corrected chi connectivity index (χ1v) is 12.0. The number of hydrogen-bond donors (Lipinski definition) is 1. The molecular formula is C23H17BrCl3F6NO2. The average molecular weight is 640 g/mol. The number of rotatable bonds is 9. The highest BCUT2D eigenvalue weighted by Crippen LogP contribution is 2.41. The summed E-state index contributed by atoms with van der Waals surface area (Å²) in [6, 6.07) is 5.86. The van der Waals surface area contributed by atoms with Crippen LogP contribution in [0.25, 0.3) is 5.83 Å². The summed E-state index contributed by atoms with van der Waals surface area (Å²) >= 11 is 20.8. The van der Waals surface area contributed by atoms with Crippen molar-refractivity contribution in [3.63, 3.8) is 0 Å². The fourth-order valence-electron chi connectivity index (χ4n) is 3.07. The van der Waals surface area contributed by atoms with E-state index in [4.69, 9.17) is 34.8 Å². The van der Waals surface area contributed by atoms with Crippen molar-refractivity contribution in [3.8, 4) is 0 Å². The van der Waals surface area contributed by atoms with Gasteiger partial charge >= 0.3 is 6.18 Å². The lowest BCUT2D eigenvalue weighted by molar-refractivity contribution is -0.138. The van der Waals surface area contributed by atoms with Gasteiger partial charge in [0.1, 0.15) is 12.4 Å². The van der Waals surface area contributed by atoms with E-state index in [-0.39, 0.29) is 36.2 Å². The second-order valence-corrected chi connectivity index (χ2v) is 9.80. The van der Waals surface area contributed by atoms with Gasteiger partial charge in [-0.15, -0.1) is 0 Å². The summed E-state index contributed by atoms with van der Waals surface area (Å²) in [7, 11) is 0. The molecule has 1 amide bonds. The minimum absolute atomic E-state index is 0.0313. The summed E-state index contributed by atoms with van der Waals surface area (Å²) in [5, 5.41) is 1.45. The number of benzene rings is 2. The van der Waals surface area contributed by atoms with Crippen molar-refractivity contribution < 1.29 is 35.9 Å². The molecule has 36 heavy (non-hydrogen) atoms. The molecule has 3 nitrogen and oxygen atoms in total. The van der Waals surface area contributed by atoms with Crippen molar-refractivity contribution in [2.45, 2.75) is 37.8 Å². The van der Waals surface area contributed by atoms with E-state index in [1.165, 1.54) is 18.2 Å². The Morgan fingerprint density at radius 3 is 2.11 bits per heavy atom. The van der Waals surface area contributed by atoms with Crippen LogP contribution in [0.2, 0.25) is 15.1 Å². The predicted octanol–water partition coefficient (Wildman–Crippen LogP) is 8.80. The van der Waals surface area contributed by atoms with Crippen LogP contribution in [0.1, 0.15) is 47.2 Å². The zero-order chi connectivity index (χ0) is 27.4. The molecule has 0 aliphatic heterocycles. The maximum absolute atomic E-state index is 15.0. The lowest BCUT2D eigenvalue weighted by Crippen LogP contribution is -2.33. The second-order valence-electron chi connectivity index (χ2n) is 7.76. The molecule has 0 spiro atoms. The van der Waals surface area contributed by atoms with Gasteiger partial charge in [-0.2, -0.15) is 13.2 Å². The number of nitrogens with one attached hydrogen (secondary N) is 1. The number of carbonyl (C=O) groups is 2. The molecule has 0 radical (unpaired) electrons. The summed E-state index contributed by atoms with van der Waals surface area (Å²) in [6.45, 7) is -0.920. The Morgan fingerprint density at radius 2 is 1.61 bits per heavy atom. The Kier molecular flexibility index (Phi) is 10.3. The second kappa shape index (κ2) is 12.2. The number of ketones is 1. The summed E-state index contributed by atoms with van der Waals surface area (Å²) < 4.78 is 80.3. The van der Waals surface area contributed by atoms with Gasteiger partial charge < -0.3 is 5.32 Å². The number of amides is 1. The number of allylic oxidation sites excluding steroid dienone is 1.